The summed E-state index contributed by atoms with van der Waals surface area (Å²) in [7, 11) is 0. The minimum absolute atomic E-state index is 0.587. The van der Waals surface area contributed by atoms with Gasteiger partial charge in [0.05, 0.1) is 0 Å². The van der Waals surface area contributed by atoms with Crippen molar-refractivity contribution in [2.24, 2.45) is 0 Å². The van der Waals surface area contributed by atoms with Crippen LogP contribution in [0.3, 0.4) is 0 Å². The van der Waals surface area contributed by atoms with E-state index in [-0.39, 0.29) is 0 Å². The van der Waals surface area contributed by atoms with Gasteiger partial charge >= 0.3 is 47.8 Å². The minimum atomic E-state index is -1.84. The van der Waals surface area contributed by atoms with Gasteiger partial charge in [0.15, 0.2) is 36.6 Å². The molecular formula is C28H38O19. The van der Waals surface area contributed by atoms with Gasteiger partial charge in [-0.3, -0.25) is 38.4 Å². The van der Waals surface area contributed by atoms with E-state index in [1.165, 1.54) is 0 Å². The van der Waals surface area contributed by atoms with Crippen LogP contribution in [0.4, 0.5) is 0 Å². The molecule has 0 saturated carbocycles. The van der Waals surface area contributed by atoms with Crippen molar-refractivity contribution < 1.29 is 90.5 Å². The molecule has 0 radical (unpaired) electrons. The van der Waals surface area contributed by atoms with Crippen LogP contribution in [0.1, 0.15) is 55.4 Å². The molecule has 10 atom stereocenters. The third-order valence-electron chi connectivity index (χ3n) is 6.16. The summed E-state index contributed by atoms with van der Waals surface area (Å²) in [6.45, 7) is 7.10. The Morgan fingerprint density at radius 3 is 0.894 bits per heavy atom. The maximum Gasteiger partial charge on any atom is 0.303 e. The first-order chi connectivity index (χ1) is 21.9. The molecule has 0 N–H and O–H groups in total. The molecule has 0 aromatic rings. The number of carbonyl (C=O) groups excluding carboxylic acids is 8. The first-order valence-corrected chi connectivity index (χ1v) is 14.2. The fraction of sp³-hybridized carbons (Fsp3) is 0.714. The average Bonchev–Trinajstić information content (AvgIpc) is 2.91. The molecule has 0 spiro atoms. The predicted molar refractivity (Wildman–Crippen MR) is 145 cm³/mol. The molecule has 2 fully saturated rings. The molecule has 2 rings (SSSR count). The maximum absolute atomic E-state index is 12.2. The normalized spacial score (nSPS) is 30.0. The van der Waals surface area contributed by atoms with Crippen molar-refractivity contribution in [2.75, 3.05) is 13.2 Å². The number of rotatable bonds is 12. The largest absolute Gasteiger partial charge is 0.463 e. The van der Waals surface area contributed by atoms with Gasteiger partial charge in [0, 0.05) is 55.4 Å². The molecule has 0 amide bonds. The summed E-state index contributed by atoms with van der Waals surface area (Å²) >= 11 is 0. The molecule has 2 heterocycles. The highest BCUT2D eigenvalue weighted by atomic mass is 16.8. The second-order valence-electron chi connectivity index (χ2n) is 10.3. The van der Waals surface area contributed by atoms with Crippen molar-refractivity contribution in [3.63, 3.8) is 0 Å². The Hall–Kier alpha value is -4.36. The third kappa shape index (κ3) is 12.1. The fourth-order valence-electron chi connectivity index (χ4n) is 4.73. The third-order valence-corrected chi connectivity index (χ3v) is 6.16. The lowest BCUT2D eigenvalue weighted by Crippen LogP contribution is -2.66. The highest BCUT2D eigenvalue weighted by molar-refractivity contribution is 5.70. The summed E-state index contributed by atoms with van der Waals surface area (Å²) in [5.41, 5.74) is 0. The van der Waals surface area contributed by atoms with Gasteiger partial charge in [-0.15, -0.1) is 0 Å². The molecule has 2 saturated heterocycles. The molecule has 2 aliphatic heterocycles. The van der Waals surface area contributed by atoms with Gasteiger partial charge in [0.1, 0.15) is 25.4 Å². The van der Waals surface area contributed by atoms with Gasteiger partial charge in [-0.2, -0.15) is 0 Å². The van der Waals surface area contributed by atoms with Gasteiger partial charge in [-0.05, 0) is 0 Å². The Balaban J connectivity index is 2.69. The van der Waals surface area contributed by atoms with Crippen molar-refractivity contribution in [2.45, 2.75) is 117 Å². The standard InChI is InChI=1S/C28H38O19/c1-11(29)37-9-19-21(39-13(3)31)23(41-15(5)33)25(43-17(7)35)27(45-19)47-28-26(44-18(8)36)24(42-16(6)34)22(40-14(4)32)20(46-28)10-38-12(2)30/h19-28H,9-10H2,1-8H3/t19-,20-,21-,22-,23+,24+,25-,26-,27+,28+/m1/s1. The first-order valence-electron chi connectivity index (χ1n) is 14.2. The summed E-state index contributed by atoms with van der Waals surface area (Å²) in [6.07, 6.45) is -16.3. The van der Waals surface area contributed by atoms with Crippen LogP contribution < -0.4 is 0 Å². The summed E-state index contributed by atoms with van der Waals surface area (Å²) < 4.78 is 60.1. The quantitative estimate of drug-likeness (QED) is 0.181. The van der Waals surface area contributed by atoms with Crippen molar-refractivity contribution in [1.82, 2.24) is 0 Å². The Morgan fingerprint density at radius 2 is 0.638 bits per heavy atom. The van der Waals surface area contributed by atoms with Crippen LogP contribution in [-0.4, -0.2) is 122 Å². The van der Waals surface area contributed by atoms with E-state index < -0.39 is 122 Å². The van der Waals surface area contributed by atoms with Gasteiger partial charge in [0.25, 0.3) is 0 Å². The van der Waals surface area contributed by atoms with Gasteiger partial charge < -0.3 is 52.1 Å². The lowest BCUT2D eigenvalue weighted by Gasteiger charge is -2.48. The van der Waals surface area contributed by atoms with Crippen LogP contribution in [0, 0.1) is 0 Å². The van der Waals surface area contributed by atoms with Crippen molar-refractivity contribution in [3.8, 4) is 0 Å². The number of ether oxygens (including phenoxy) is 11. The van der Waals surface area contributed by atoms with Crippen LogP contribution >= 0.6 is 0 Å². The second-order valence-corrected chi connectivity index (χ2v) is 10.3. The maximum atomic E-state index is 12.2. The lowest BCUT2D eigenvalue weighted by atomic mass is 9.96. The first kappa shape index (κ1) is 38.8. The van der Waals surface area contributed by atoms with Gasteiger partial charge in [0.2, 0.25) is 12.6 Å². The number of hydrogen-bond acceptors (Lipinski definition) is 19. The van der Waals surface area contributed by atoms with Gasteiger partial charge in [-0.25, -0.2) is 0 Å². The molecule has 264 valence electrons. The van der Waals surface area contributed by atoms with Crippen molar-refractivity contribution in [3.05, 3.63) is 0 Å². The topological polar surface area (TPSA) is 238 Å². The van der Waals surface area contributed by atoms with Crippen LogP contribution in [-0.2, 0) is 90.5 Å². The predicted octanol–water partition coefficient (Wildman–Crippen LogP) is -0.831. The molecule has 19 heteroatoms. The summed E-state index contributed by atoms with van der Waals surface area (Å²) in [5.74, 6) is -6.98. The van der Waals surface area contributed by atoms with E-state index in [2.05, 4.69) is 0 Å². The van der Waals surface area contributed by atoms with Crippen LogP contribution in [0.25, 0.3) is 0 Å². The van der Waals surface area contributed by atoms with E-state index in [1.54, 1.807) is 0 Å². The zero-order valence-corrected chi connectivity index (χ0v) is 26.9. The summed E-state index contributed by atoms with van der Waals surface area (Å²) in [4.78, 5) is 96.2. The van der Waals surface area contributed by atoms with E-state index in [4.69, 9.17) is 52.1 Å². The highest BCUT2D eigenvalue weighted by Gasteiger charge is 2.57. The molecule has 0 unspecified atom stereocenters. The van der Waals surface area contributed by atoms with Gasteiger partial charge in [-0.1, -0.05) is 0 Å². The Bertz CT molecular complexity index is 1110. The van der Waals surface area contributed by atoms with Crippen LogP contribution in [0.15, 0.2) is 0 Å². The smallest absolute Gasteiger partial charge is 0.303 e. The van der Waals surface area contributed by atoms with E-state index in [0.717, 1.165) is 55.4 Å². The van der Waals surface area contributed by atoms with E-state index in [0.29, 0.717) is 0 Å². The Kier molecular flexibility index (Phi) is 14.5. The summed E-state index contributed by atoms with van der Waals surface area (Å²) in [5, 5.41) is 0. The average molecular weight is 679 g/mol. The Labute approximate surface area is 268 Å². The zero-order chi connectivity index (χ0) is 35.6. The second kappa shape index (κ2) is 17.5. The molecular weight excluding hydrogens is 640 g/mol. The molecule has 47 heavy (non-hydrogen) atoms. The van der Waals surface area contributed by atoms with Crippen molar-refractivity contribution in [1.29, 1.82) is 0 Å². The number of esters is 8. The Morgan fingerprint density at radius 1 is 0.383 bits per heavy atom. The highest BCUT2D eigenvalue weighted by Crippen LogP contribution is 2.35. The van der Waals surface area contributed by atoms with Crippen LogP contribution in [0.5, 0.6) is 0 Å². The van der Waals surface area contributed by atoms with E-state index in [1.807, 2.05) is 0 Å². The fourth-order valence-corrected chi connectivity index (χ4v) is 4.73. The SMILES string of the molecule is CC(=O)OC[C@H]1O[C@@H](O[C@@H]2O[C@H](COC(C)=O)[C@@H](OC(C)=O)[C@H](OC(C)=O)[C@H]2OC(C)=O)[C@H](OC(C)=O)[C@@H](OC(C)=O)[C@@H]1OC(C)=O. The number of hydrogen-bond donors (Lipinski definition) is 0. The molecule has 2 aliphatic rings. The lowest BCUT2D eigenvalue weighted by molar-refractivity contribution is -0.377. The van der Waals surface area contributed by atoms with Crippen molar-refractivity contribution >= 4 is 47.8 Å². The van der Waals surface area contributed by atoms with Crippen LogP contribution in [0.2, 0.25) is 0 Å². The summed E-state index contributed by atoms with van der Waals surface area (Å²) in [6, 6.07) is 0. The molecule has 19 nitrogen and oxygen atoms in total. The minimum Gasteiger partial charge on any atom is -0.463 e. The number of carbonyl (C=O) groups is 8. The molecule has 0 aliphatic carbocycles. The molecule has 0 aromatic carbocycles. The molecule has 0 aromatic heterocycles. The van der Waals surface area contributed by atoms with E-state index >= 15 is 0 Å². The molecule has 0 bridgehead atoms. The zero-order valence-electron chi connectivity index (χ0n) is 26.9. The van der Waals surface area contributed by atoms with E-state index in [9.17, 15) is 38.4 Å². The monoisotopic (exact) mass is 678 g/mol.